The van der Waals surface area contributed by atoms with Crippen LogP contribution in [0.1, 0.15) is 37.3 Å². The first-order valence-corrected chi connectivity index (χ1v) is 8.21. The summed E-state index contributed by atoms with van der Waals surface area (Å²) >= 11 is 0. The van der Waals surface area contributed by atoms with Crippen molar-refractivity contribution >= 4 is 0 Å². The summed E-state index contributed by atoms with van der Waals surface area (Å²) in [6, 6.07) is 8.90. The Labute approximate surface area is 128 Å². The van der Waals surface area contributed by atoms with Crippen LogP contribution in [0.4, 0.5) is 0 Å². The number of fused-ring (bicyclic) bond motifs is 2. The van der Waals surface area contributed by atoms with Crippen molar-refractivity contribution in [3.05, 3.63) is 29.8 Å². The van der Waals surface area contributed by atoms with E-state index in [1.807, 2.05) is 0 Å². The van der Waals surface area contributed by atoms with E-state index in [4.69, 9.17) is 9.47 Å². The van der Waals surface area contributed by atoms with Gasteiger partial charge in [-0.25, -0.2) is 0 Å². The molecule has 0 heterocycles. The molecule has 0 saturated heterocycles. The van der Waals surface area contributed by atoms with Crippen molar-refractivity contribution in [1.29, 1.82) is 0 Å². The highest BCUT2D eigenvalue weighted by Crippen LogP contribution is 2.53. The largest absolute Gasteiger partial charge is 0.491 e. The Morgan fingerprint density at radius 3 is 2.71 bits per heavy atom. The molecule has 1 N–H and O–H groups in total. The molecule has 0 radical (unpaired) electrons. The van der Waals surface area contributed by atoms with Gasteiger partial charge in [0.1, 0.15) is 12.4 Å². The van der Waals surface area contributed by atoms with Crippen LogP contribution in [0.25, 0.3) is 0 Å². The van der Waals surface area contributed by atoms with E-state index in [9.17, 15) is 0 Å². The Kier molecular flexibility index (Phi) is 4.81. The van der Waals surface area contributed by atoms with Crippen molar-refractivity contribution in [2.24, 2.45) is 17.8 Å². The zero-order chi connectivity index (χ0) is 14.7. The highest BCUT2D eigenvalue weighted by Gasteiger charge is 2.43. The first-order chi connectivity index (χ1) is 10.3. The fourth-order valence-corrected chi connectivity index (χ4v) is 4.41. The van der Waals surface area contributed by atoms with Crippen LogP contribution in [0.2, 0.25) is 0 Å². The minimum Gasteiger partial charge on any atom is -0.491 e. The third kappa shape index (κ3) is 3.09. The number of ether oxygens (including phenoxy) is 2. The van der Waals surface area contributed by atoms with E-state index >= 15 is 0 Å². The molecule has 2 saturated carbocycles. The van der Waals surface area contributed by atoms with Gasteiger partial charge in [0.25, 0.3) is 0 Å². The van der Waals surface area contributed by atoms with Gasteiger partial charge in [0.15, 0.2) is 0 Å². The Bertz CT molecular complexity index is 462. The van der Waals surface area contributed by atoms with Gasteiger partial charge in [-0.05, 0) is 50.1 Å². The van der Waals surface area contributed by atoms with E-state index in [1.165, 1.54) is 31.2 Å². The molecule has 2 aliphatic carbocycles. The fraction of sp³-hybridized carbons (Fsp3) is 0.667. The summed E-state index contributed by atoms with van der Waals surface area (Å²) < 4.78 is 11.0. The van der Waals surface area contributed by atoms with Gasteiger partial charge in [-0.1, -0.05) is 24.6 Å². The average molecular weight is 289 g/mol. The van der Waals surface area contributed by atoms with Crippen molar-refractivity contribution in [2.75, 3.05) is 27.4 Å². The van der Waals surface area contributed by atoms with Gasteiger partial charge in [-0.2, -0.15) is 0 Å². The lowest BCUT2D eigenvalue weighted by Gasteiger charge is -2.31. The Balaban J connectivity index is 1.77. The number of hydrogen-bond acceptors (Lipinski definition) is 3. The average Bonchev–Trinajstić information content (AvgIpc) is 3.13. The zero-order valence-electron chi connectivity index (χ0n) is 13.2. The monoisotopic (exact) mass is 289 g/mol. The standard InChI is InChI=1S/C18H27NO2/c1-19-18(16-12-13-7-8-14(16)11-13)15-5-3-4-6-17(15)21-10-9-20-2/h3-6,13-14,16,18-19H,7-12H2,1-2H3. The van der Waals surface area contributed by atoms with Gasteiger partial charge < -0.3 is 14.8 Å². The summed E-state index contributed by atoms with van der Waals surface area (Å²) in [7, 11) is 3.80. The van der Waals surface area contributed by atoms with Crippen LogP contribution in [0.5, 0.6) is 5.75 Å². The smallest absolute Gasteiger partial charge is 0.124 e. The number of hydrogen-bond donors (Lipinski definition) is 1. The third-order valence-electron chi connectivity index (χ3n) is 5.33. The van der Waals surface area contributed by atoms with Crippen LogP contribution in [0.15, 0.2) is 24.3 Å². The van der Waals surface area contributed by atoms with Crippen LogP contribution >= 0.6 is 0 Å². The molecule has 2 fully saturated rings. The lowest BCUT2D eigenvalue weighted by molar-refractivity contribution is 0.144. The molecule has 0 aromatic heterocycles. The summed E-state index contributed by atoms with van der Waals surface area (Å²) in [6.07, 6.45) is 5.68. The van der Waals surface area contributed by atoms with Crippen molar-refractivity contribution in [3.63, 3.8) is 0 Å². The van der Waals surface area contributed by atoms with E-state index in [0.717, 1.165) is 23.5 Å². The van der Waals surface area contributed by atoms with Crippen molar-refractivity contribution < 1.29 is 9.47 Å². The molecule has 0 spiro atoms. The molecule has 3 heteroatoms. The minimum absolute atomic E-state index is 0.416. The maximum Gasteiger partial charge on any atom is 0.124 e. The van der Waals surface area contributed by atoms with Gasteiger partial charge in [0.05, 0.1) is 6.61 Å². The maximum atomic E-state index is 5.94. The molecule has 116 valence electrons. The quantitative estimate of drug-likeness (QED) is 0.780. The topological polar surface area (TPSA) is 30.5 Å². The van der Waals surface area contributed by atoms with Crippen molar-refractivity contribution in [2.45, 2.75) is 31.7 Å². The lowest BCUT2D eigenvalue weighted by Crippen LogP contribution is -2.29. The maximum absolute atomic E-state index is 5.94. The van der Waals surface area contributed by atoms with E-state index in [1.54, 1.807) is 7.11 Å². The highest BCUT2D eigenvalue weighted by atomic mass is 16.5. The summed E-state index contributed by atoms with van der Waals surface area (Å²) in [5, 5.41) is 3.56. The molecule has 3 nitrogen and oxygen atoms in total. The first kappa shape index (κ1) is 14.9. The molecule has 2 bridgehead atoms. The molecule has 0 amide bonds. The molecule has 2 aliphatic rings. The number of methoxy groups -OCH3 is 1. The number of rotatable bonds is 7. The predicted molar refractivity (Wildman–Crippen MR) is 84.6 cm³/mol. The molecular formula is C18H27NO2. The van der Waals surface area contributed by atoms with E-state index in [0.29, 0.717) is 19.3 Å². The fourth-order valence-electron chi connectivity index (χ4n) is 4.41. The second kappa shape index (κ2) is 6.80. The van der Waals surface area contributed by atoms with Gasteiger partial charge >= 0.3 is 0 Å². The highest BCUT2D eigenvalue weighted by molar-refractivity contribution is 5.36. The summed E-state index contributed by atoms with van der Waals surface area (Å²) in [4.78, 5) is 0. The predicted octanol–water partition coefficient (Wildman–Crippen LogP) is 3.41. The van der Waals surface area contributed by atoms with E-state index in [-0.39, 0.29) is 0 Å². The molecular weight excluding hydrogens is 262 g/mol. The minimum atomic E-state index is 0.416. The first-order valence-electron chi connectivity index (χ1n) is 8.21. The second-order valence-electron chi connectivity index (χ2n) is 6.48. The SMILES string of the molecule is CNC(c1ccccc1OCCOC)C1CC2CCC1C2. The summed E-state index contributed by atoms with van der Waals surface area (Å²) in [6.45, 7) is 1.24. The van der Waals surface area contributed by atoms with Crippen LogP contribution in [-0.4, -0.2) is 27.4 Å². The van der Waals surface area contributed by atoms with Gasteiger partial charge in [0.2, 0.25) is 0 Å². The Hall–Kier alpha value is -1.06. The Morgan fingerprint density at radius 2 is 2.05 bits per heavy atom. The zero-order valence-corrected chi connectivity index (χ0v) is 13.2. The molecule has 0 aliphatic heterocycles. The molecule has 4 unspecified atom stereocenters. The molecule has 21 heavy (non-hydrogen) atoms. The van der Waals surface area contributed by atoms with Crippen LogP contribution in [0, 0.1) is 17.8 Å². The van der Waals surface area contributed by atoms with Crippen LogP contribution in [-0.2, 0) is 4.74 Å². The second-order valence-corrected chi connectivity index (χ2v) is 6.48. The van der Waals surface area contributed by atoms with Gasteiger partial charge in [-0.3, -0.25) is 0 Å². The number of nitrogens with one attached hydrogen (secondary N) is 1. The number of benzene rings is 1. The van der Waals surface area contributed by atoms with E-state index in [2.05, 4.69) is 36.6 Å². The molecule has 1 aromatic rings. The van der Waals surface area contributed by atoms with Crippen LogP contribution < -0.4 is 10.1 Å². The number of para-hydroxylation sites is 1. The van der Waals surface area contributed by atoms with Crippen molar-refractivity contribution in [3.8, 4) is 5.75 Å². The molecule has 1 aromatic carbocycles. The van der Waals surface area contributed by atoms with E-state index < -0.39 is 0 Å². The molecule has 4 atom stereocenters. The molecule has 3 rings (SSSR count). The normalized spacial score (nSPS) is 28.8. The lowest BCUT2D eigenvalue weighted by atomic mass is 9.80. The van der Waals surface area contributed by atoms with Crippen LogP contribution in [0.3, 0.4) is 0 Å². The summed E-state index contributed by atoms with van der Waals surface area (Å²) in [5.74, 6) is 3.65. The van der Waals surface area contributed by atoms with Gasteiger partial charge in [-0.15, -0.1) is 0 Å². The Morgan fingerprint density at radius 1 is 1.19 bits per heavy atom. The summed E-state index contributed by atoms with van der Waals surface area (Å²) in [5.41, 5.74) is 1.31. The van der Waals surface area contributed by atoms with Gasteiger partial charge in [0, 0.05) is 18.7 Å². The third-order valence-corrected chi connectivity index (χ3v) is 5.33. The van der Waals surface area contributed by atoms with Crippen molar-refractivity contribution in [1.82, 2.24) is 5.32 Å².